The molecule has 3 aromatic rings. The topological polar surface area (TPSA) is 99.6 Å². The second-order valence-electron chi connectivity index (χ2n) is 8.40. The van der Waals surface area contributed by atoms with Gasteiger partial charge in [0.2, 0.25) is 5.91 Å². The average Bonchev–Trinajstić information content (AvgIpc) is 3.54. The number of aromatic nitrogens is 1. The molecule has 0 aliphatic carbocycles. The maximum Gasteiger partial charge on any atom is 0.416 e. The van der Waals surface area contributed by atoms with E-state index in [1.54, 1.807) is 0 Å². The third-order valence-electron chi connectivity index (χ3n) is 5.49. The van der Waals surface area contributed by atoms with Crippen molar-refractivity contribution in [2.24, 2.45) is 0 Å². The molecule has 216 valence electrons. The summed E-state index contributed by atoms with van der Waals surface area (Å²) in [6.45, 7) is 1.39. The highest BCUT2D eigenvalue weighted by Gasteiger charge is 2.37. The fraction of sp³-hybridized carbons (Fsp3) is 0.208. The predicted octanol–water partition coefficient (Wildman–Crippen LogP) is 7.15. The van der Waals surface area contributed by atoms with Crippen LogP contribution in [0.25, 0.3) is 17.2 Å². The molecule has 0 atom stereocenters. The molecule has 17 heteroatoms. The Morgan fingerprint density at radius 1 is 1.07 bits per heavy atom. The summed E-state index contributed by atoms with van der Waals surface area (Å²) in [5, 5.41) is 13.0. The van der Waals surface area contributed by atoms with Gasteiger partial charge >= 0.3 is 18.3 Å². The van der Waals surface area contributed by atoms with Crippen LogP contribution in [-0.2, 0) is 21.9 Å². The Morgan fingerprint density at radius 3 is 2.27 bits per heavy atom. The van der Waals surface area contributed by atoms with Crippen molar-refractivity contribution in [2.45, 2.75) is 25.7 Å². The van der Waals surface area contributed by atoms with Crippen LogP contribution in [0.5, 0.6) is 0 Å². The molecule has 0 radical (unpaired) electrons. The normalized spacial score (nSPS) is 15.2. The van der Waals surface area contributed by atoms with Gasteiger partial charge in [-0.25, -0.2) is 9.78 Å². The summed E-state index contributed by atoms with van der Waals surface area (Å²) in [7, 11) is 0. The van der Waals surface area contributed by atoms with Crippen LogP contribution in [0.15, 0.2) is 34.6 Å². The lowest BCUT2D eigenvalue weighted by Gasteiger charge is -2.13. The summed E-state index contributed by atoms with van der Waals surface area (Å²) >= 11 is 7.96. The lowest BCUT2D eigenvalue weighted by Crippen LogP contribution is -2.31. The van der Waals surface area contributed by atoms with Crippen LogP contribution in [0.1, 0.15) is 37.8 Å². The van der Waals surface area contributed by atoms with Crippen molar-refractivity contribution >= 4 is 80.0 Å². The summed E-state index contributed by atoms with van der Waals surface area (Å²) in [6.07, 6.45) is -8.74. The van der Waals surface area contributed by atoms with Gasteiger partial charge in [-0.15, -0.1) is 11.3 Å². The number of anilines is 1. The van der Waals surface area contributed by atoms with Crippen molar-refractivity contribution < 1.29 is 45.8 Å². The molecule has 1 saturated heterocycles. The molecule has 7 nitrogen and oxygen atoms in total. The van der Waals surface area contributed by atoms with Crippen LogP contribution >= 0.6 is 46.7 Å². The minimum absolute atomic E-state index is 0.0204. The maximum atomic E-state index is 13.2. The number of benzene rings is 1. The molecule has 1 aliphatic rings. The highest BCUT2D eigenvalue weighted by molar-refractivity contribution is 8.26. The van der Waals surface area contributed by atoms with E-state index in [2.05, 4.69) is 10.3 Å². The van der Waals surface area contributed by atoms with Gasteiger partial charge in [0.15, 0.2) is 5.13 Å². The number of amides is 2. The summed E-state index contributed by atoms with van der Waals surface area (Å²) in [4.78, 5) is 42.0. The number of thiazole rings is 1. The molecular formula is C24H15F6N3O4S4. The van der Waals surface area contributed by atoms with Crippen molar-refractivity contribution in [3.05, 3.63) is 61.1 Å². The Balaban J connectivity index is 1.46. The molecule has 4 rings (SSSR count). The maximum absolute atomic E-state index is 13.2. The Bertz CT molecular complexity index is 1560. The minimum atomic E-state index is -4.99. The molecule has 0 spiro atoms. The molecule has 0 unspecified atom stereocenters. The highest BCUT2D eigenvalue weighted by Crippen LogP contribution is 2.40. The van der Waals surface area contributed by atoms with Gasteiger partial charge in [0, 0.05) is 17.8 Å². The van der Waals surface area contributed by atoms with Crippen molar-refractivity contribution in [2.75, 3.05) is 11.9 Å². The Hall–Kier alpha value is -3.28. The summed E-state index contributed by atoms with van der Waals surface area (Å²) in [5.41, 5.74) is -2.81. The van der Waals surface area contributed by atoms with Crippen LogP contribution in [0.2, 0.25) is 0 Å². The number of thiophene rings is 1. The zero-order valence-corrected chi connectivity index (χ0v) is 23.6. The number of alkyl halides is 6. The first-order valence-corrected chi connectivity index (χ1v) is 14.1. The van der Waals surface area contributed by atoms with E-state index in [0.29, 0.717) is 17.0 Å². The number of nitrogens with zero attached hydrogens (tertiary/aromatic N) is 2. The van der Waals surface area contributed by atoms with E-state index in [1.165, 1.54) is 29.3 Å². The quantitative estimate of drug-likeness (QED) is 0.159. The molecule has 2 amide bonds. The molecular weight excluding hydrogens is 637 g/mol. The lowest BCUT2D eigenvalue weighted by molar-refractivity contribution is -0.143. The molecule has 1 fully saturated rings. The largest absolute Gasteiger partial charge is 0.477 e. The van der Waals surface area contributed by atoms with Crippen molar-refractivity contribution in [3.8, 4) is 11.1 Å². The molecule has 1 aromatic carbocycles. The van der Waals surface area contributed by atoms with Crippen molar-refractivity contribution in [1.29, 1.82) is 0 Å². The van der Waals surface area contributed by atoms with Gasteiger partial charge in [0.1, 0.15) is 9.20 Å². The van der Waals surface area contributed by atoms with Gasteiger partial charge < -0.3 is 10.4 Å². The van der Waals surface area contributed by atoms with Crippen molar-refractivity contribution in [1.82, 2.24) is 9.88 Å². The average molecular weight is 652 g/mol. The highest BCUT2D eigenvalue weighted by atomic mass is 32.2. The van der Waals surface area contributed by atoms with Crippen LogP contribution < -0.4 is 5.32 Å². The van der Waals surface area contributed by atoms with E-state index >= 15 is 0 Å². The van der Waals surface area contributed by atoms with Crippen LogP contribution in [0.3, 0.4) is 0 Å². The number of aromatic carboxylic acids is 1. The summed E-state index contributed by atoms with van der Waals surface area (Å²) < 4.78 is 79.5. The number of carboxylic acids is 1. The van der Waals surface area contributed by atoms with E-state index in [4.69, 9.17) is 17.3 Å². The monoisotopic (exact) mass is 651 g/mol. The van der Waals surface area contributed by atoms with Gasteiger partial charge in [-0.3, -0.25) is 14.5 Å². The summed E-state index contributed by atoms with van der Waals surface area (Å²) in [6, 6.07) is 2.66. The van der Waals surface area contributed by atoms with Crippen LogP contribution in [-0.4, -0.2) is 43.6 Å². The molecule has 1 aliphatic heterocycles. The molecule has 2 N–H and O–H groups in total. The molecule has 0 saturated carbocycles. The fourth-order valence-corrected chi connectivity index (χ4v) is 6.61. The predicted molar refractivity (Wildman–Crippen MR) is 147 cm³/mol. The van der Waals surface area contributed by atoms with Gasteiger partial charge in [-0.05, 0) is 53.8 Å². The van der Waals surface area contributed by atoms with Crippen molar-refractivity contribution in [3.63, 3.8) is 0 Å². The van der Waals surface area contributed by atoms with E-state index < -0.39 is 41.3 Å². The summed E-state index contributed by atoms with van der Waals surface area (Å²) in [5.74, 6) is -2.24. The van der Waals surface area contributed by atoms with Crippen LogP contribution in [0.4, 0.5) is 31.5 Å². The minimum Gasteiger partial charge on any atom is -0.477 e. The first-order chi connectivity index (χ1) is 19.0. The van der Waals surface area contributed by atoms with E-state index in [9.17, 15) is 40.7 Å². The molecule has 2 aromatic heterocycles. The van der Waals surface area contributed by atoms with E-state index in [1.807, 2.05) is 0 Å². The standard InChI is InChI=1S/C24H15F6N3O4S4/c1-10-18(20(36)37)41-21(31-10)32-17(34)2-3-33-19(35)16(40-22(33)38)8-15-6-12(9-39-15)11-4-13(23(25,26)27)7-14(5-11)24(28,29)30/h4-9H,2-3H2,1H3,(H,36,37)(H,31,32,34)/b16-8-. The number of nitrogens with one attached hydrogen (secondary N) is 1. The van der Waals surface area contributed by atoms with E-state index in [-0.39, 0.29) is 55.1 Å². The fourth-order valence-electron chi connectivity index (χ4n) is 3.57. The third-order valence-corrected chi connectivity index (χ3v) is 8.81. The number of carbonyl (C=O) groups is 3. The molecule has 41 heavy (non-hydrogen) atoms. The Morgan fingerprint density at radius 2 is 1.71 bits per heavy atom. The Labute approximate surface area is 244 Å². The number of thioether (sulfide) groups is 1. The number of hydrogen-bond donors (Lipinski definition) is 2. The van der Waals surface area contributed by atoms with E-state index in [0.717, 1.165) is 34.4 Å². The van der Waals surface area contributed by atoms with Gasteiger partial charge in [0.25, 0.3) is 5.91 Å². The van der Waals surface area contributed by atoms with Gasteiger partial charge in [-0.1, -0.05) is 35.3 Å². The number of carbonyl (C=O) groups excluding carboxylic acids is 2. The number of aryl methyl sites for hydroxylation is 1. The number of thiocarbonyl (C=S) groups is 1. The second kappa shape index (κ2) is 11.5. The number of hydrogen-bond acceptors (Lipinski definition) is 8. The Kier molecular flexibility index (Phi) is 8.63. The SMILES string of the molecule is Cc1nc(NC(=O)CCN2C(=O)/C(=C/c3cc(-c4cc(C(F)(F)F)cc(C(F)(F)F)c4)cs3)SC2=S)sc1C(=O)O. The molecule has 0 bridgehead atoms. The zero-order valence-electron chi connectivity index (χ0n) is 20.3. The van der Waals surface area contributed by atoms with Gasteiger partial charge in [-0.2, -0.15) is 26.3 Å². The van der Waals surface area contributed by atoms with Crippen LogP contribution in [0, 0.1) is 6.92 Å². The number of halogens is 6. The van der Waals surface area contributed by atoms with Gasteiger partial charge in [0.05, 0.1) is 21.7 Å². The molecule has 3 heterocycles. The third kappa shape index (κ3) is 7.14. The number of carboxylic acid groups (broad SMARTS) is 1. The lowest BCUT2D eigenvalue weighted by atomic mass is 10.0. The zero-order chi connectivity index (χ0) is 30.3. The number of rotatable bonds is 7. The first kappa shape index (κ1) is 30.7. The first-order valence-electron chi connectivity index (χ1n) is 11.2. The second-order valence-corrected chi connectivity index (χ2v) is 12.0. The smallest absolute Gasteiger partial charge is 0.416 e.